The molecule has 0 aliphatic heterocycles. The van der Waals surface area contributed by atoms with Crippen LogP contribution in [0.5, 0.6) is 0 Å². The van der Waals surface area contributed by atoms with Crippen LogP contribution in [0.25, 0.3) is 0 Å². The Labute approximate surface area is 75.3 Å². The first kappa shape index (κ1) is 11.6. The van der Waals surface area contributed by atoms with Gasteiger partial charge in [-0.3, -0.25) is 0 Å². The maximum atomic E-state index is 10.3. The third-order valence-electron chi connectivity index (χ3n) is 2.32. The molecule has 0 saturated heterocycles. The van der Waals surface area contributed by atoms with Crippen LogP contribution in [0, 0.1) is 0 Å². The van der Waals surface area contributed by atoms with Crippen molar-refractivity contribution in [2.75, 3.05) is 7.11 Å². The van der Waals surface area contributed by atoms with Gasteiger partial charge in [0.05, 0.1) is 5.60 Å². The van der Waals surface area contributed by atoms with Crippen molar-refractivity contribution in [3.05, 3.63) is 0 Å². The monoisotopic (exact) mass is 172 g/mol. The molecular weight excluding hydrogens is 152 g/mol. The van der Waals surface area contributed by atoms with Crippen LogP contribution in [0.3, 0.4) is 0 Å². The van der Waals surface area contributed by atoms with Gasteiger partial charge in [-0.05, 0) is 13.3 Å². The molecule has 0 amide bonds. The highest BCUT2D eigenvalue weighted by molar-refractivity contribution is 5.51. The van der Waals surface area contributed by atoms with E-state index in [0.717, 1.165) is 19.1 Å². The molecule has 72 valence electrons. The molecule has 0 aliphatic carbocycles. The molecule has 0 saturated carbocycles. The standard InChI is InChI=1S/C10H20O2/c1-4-5-6-7-10(2,12-3)8-9-11/h9H,4-8H2,1-3H3. The molecule has 0 aromatic heterocycles. The number of hydrogen-bond donors (Lipinski definition) is 0. The summed E-state index contributed by atoms with van der Waals surface area (Å²) in [6.07, 6.45) is 6.01. The summed E-state index contributed by atoms with van der Waals surface area (Å²) in [4.78, 5) is 10.3. The van der Waals surface area contributed by atoms with Gasteiger partial charge in [0.2, 0.25) is 0 Å². The highest BCUT2D eigenvalue weighted by atomic mass is 16.5. The molecule has 0 aromatic carbocycles. The van der Waals surface area contributed by atoms with E-state index in [2.05, 4.69) is 6.92 Å². The lowest BCUT2D eigenvalue weighted by Crippen LogP contribution is -2.27. The zero-order valence-corrected chi connectivity index (χ0v) is 8.43. The topological polar surface area (TPSA) is 26.3 Å². The van der Waals surface area contributed by atoms with Crippen molar-refractivity contribution in [3.8, 4) is 0 Å². The minimum atomic E-state index is -0.225. The van der Waals surface area contributed by atoms with Gasteiger partial charge >= 0.3 is 0 Å². The van der Waals surface area contributed by atoms with Crippen LogP contribution in [0.15, 0.2) is 0 Å². The maximum absolute atomic E-state index is 10.3. The third-order valence-corrected chi connectivity index (χ3v) is 2.32. The maximum Gasteiger partial charge on any atom is 0.122 e. The Morgan fingerprint density at radius 1 is 1.42 bits per heavy atom. The molecule has 0 aromatic rings. The van der Waals surface area contributed by atoms with Gasteiger partial charge in [-0.15, -0.1) is 0 Å². The van der Waals surface area contributed by atoms with Gasteiger partial charge in [0.25, 0.3) is 0 Å². The van der Waals surface area contributed by atoms with Crippen molar-refractivity contribution in [1.29, 1.82) is 0 Å². The minimum Gasteiger partial charge on any atom is -0.378 e. The summed E-state index contributed by atoms with van der Waals surface area (Å²) in [5.41, 5.74) is -0.225. The van der Waals surface area contributed by atoms with Crippen LogP contribution >= 0.6 is 0 Å². The second-order valence-electron chi connectivity index (χ2n) is 3.48. The Bertz CT molecular complexity index is 123. The number of unbranched alkanes of at least 4 members (excludes halogenated alkanes) is 2. The van der Waals surface area contributed by atoms with E-state index in [-0.39, 0.29) is 5.60 Å². The minimum absolute atomic E-state index is 0.225. The summed E-state index contributed by atoms with van der Waals surface area (Å²) in [6.45, 7) is 4.17. The van der Waals surface area contributed by atoms with Crippen LogP contribution in [-0.2, 0) is 9.53 Å². The van der Waals surface area contributed by atoms with Crippen molar-refractivity contribution in [3.63, 3.8) is 0 Å². The number of hydrogen-bond acceptors (Lipinski definition) is 2. The van der Waals surface area contributed by atoms with Crippen LogP contribution in [0.2, 0.25) is 0 Å². The summed E-state index contributed by atoms with van der Waals surface area (Å²) in [6, 6.07) is 0. The first-order chi connectivity index (χ1) is 5.68. The molecule has 2 heteroatoms. The quantitative estimate of drug-likeness (QED) is 0.436. The molecule has 0 fully saturated rings. The normalized spacial score (nSPS) is 15.6. The number of ether oxygens (including phenoxy) is 1. The highest BCUT2D eigenvalue weighted by Crippen LogP contribution is 2.21. The second kappa shape index (κ2) is 6.18. The Hall–Kier alpha value is -0.370. The van der Waals surface area contributed by atoms with E-state index in [0.29, 0.717) is 6.42 Å². The van der Waals surface area contributed by atoms with E-state index in [9.17, 15) is 4.79 Å². The molecule has 0 N–H and O–H groups in total. The average molecular weight is 172 g/mol. The van der Waals surface area contributed by atoms with Crippen molar-refractivity contribution < 1.29 is 9.53 Å². The van der Waals surface area contributed by atoms with Crippen LogP contribution in [0.4, 0.5) is 0 Å². The summed E-state index contributed by atoms with van der Waals surface area (Å²) in [5.74, 6) is 0. The van der Waals surface area contributed by atoms with Gasteiger partial charge in [-0.25, -0.2) is 0 Å². The number of aldehydes is 1. The molecule has 0 rings (SSSR count). The van der Waals surface area contributed by atoms with Crippen molar-refractivity contribution in [2.45, 2.75) is 51.6 Å². The Balaban J connectivity index is 3.70. The zero-order valence-electron chi connectivity index (χ0n) is 8.43. The average Bonchev–Trinajstić information content (AvgIpc) is 2.06. The van der Waals surface area contributed by atoms with Crippen molar-refractivity contribution in [2.24, 2.45) is 0 Å². The largest absolute Gasteiger partial charge is 0.378 e. The van der Waals surface area contributed by atoms with Crippen LogP contribution in [-0.4, -0.2) is 19.0 Å². The van der Waals surface area contributed by atoms with Crippen LogP contribution < -0.4 is 0 Å². The lowest BCUT2D eigenvalue weighted by Gasteiger charge is -2.25. The Kier molecular flexibility index (Phi) is 5.99. The second-order valence-corrected chi connectivity index (χ2v) is 3.48. The fourth-order valence-electron chi connectivity index (χ4n) is 1.21. The summed E-state index contributed by atoms with van der Waals surface area (Å²) in [7, 11) is 1.68. The summed E-state index contributed by atoms with van der Waals surface area (Å²) >= 11 is 0. The molecule has 12 heavy (non-hydrogen) atoms. The predicted octanol–water partition coefficient (Wildman–Crippen LogP) is 2.56. The highest BCUT2D eigenvalue weighted by Gasteiger charge is 2.21. The zero-order chi connectivity index (χ0) is 9.45. The number of carbonyl (C=O) groups excluding carboxylic acids is 1. The molecule has 2 nitrogen and oxygen atoms in total. The smallest absolute Gasteiger partial charge is 0.122 e. The molecule has 1 unspecified atom stereocenters. The van der Waals surface area contributed by atoms with E-state index in [1.165, 1.54) is 12.8 Å². The third kappa shape index (κ3) is 4.50. The van der Waals surface area contributed by atoms with Crippen molar-refractivity contribution >= 4 is 6.29 Å². The lowest BCUT2D eigenvalue weighted by atomic mass is 9.95. The predicted molar refractivity (Wildman–Crippen MR) is 50.2 cm³/mol. The van der Waals surface area contributed by atoms with Gasteiger partial charge < -0.3 is 9.53 Å². The number of rotatable bonds is 7. The van der Waals surface area contributed by atoms with E-state index >= 15 is 0 Å². The number of carbonyl (C=O) groups is 1. The first-order valence-electron chi connectivity index (χ1n) is 4.67. The van der Waals surface area contributed by atoms with Gasteiger partial charge in [-0.1, -0.05) is 26.2 Å². The summed E-state index contributed by atoms with van der Waals surface area (Å²) < 4.78 is 5.29. The van der Waals surface area contributed by atoms with E-state index in [4.69, 9.17) is 4.74 Å². The Morgan fingerprint density at radius 2 is 2.08 bits per heavy atom. The van der Waals surface area contributed by atoms with E-state index < -0.39 is 0 Å². The first-order valence-corrected chi connectivity index (χ1v) is 4.67. The molecule has 0 heterocycles. The molecule has 0 spiro atoms. The lowest BCUT2D eigenvalue weighted by molar-refractivity contribution is -0.113. The van der Waals surface area contributed by atoms with E-state index in [1.54, 1.807) is 7.11 Å². The number of methoxy groups -OCH3 is 1. The molecule has 0 aliphatic rings. The van der Waals surface area contributed by atoms with Gasteiger partial charge in [0, 0.05) is 13.5 Å². The molecular formula is C10H20O2. The summed E-state index contributed by atoms with van der Waals surface area (Å²) in [5, 5.41) is 0. The van der Waals surface area contributed by atoms with Gasteiger partial charge in [0.1, 0.15) is 6.29 Å². The molecule has 0 bridgehead atoms. The van der Waals surface area contributed by atoms with Gasteiger partial charge in [0.15, 0.2) is 0 Å². The van der Waals surface area contributed by atoms with E-state index in [1.807, 2.05) is 6.92 Å². The fourth-order valence-corrected chi connectivity index (χ4v) is 1.21. The Morgan fingerprint density at radius 3 is 2.50 bits per heavy atom. The SMILES string of the molecule is CCCCCC(C)(CC=O)OC. The van der Waals surface area contributed by atoms with Crippen molar-refractivity contribution in [1.82, 2.24) is 0 Å². The molecule has 1 atom stereocenters. The van der Waals surface area contributed by atoms with Gasteiger partial charge in [-0.2, -0.15) is 0 Å². The fraction of sp³-hybridized carbons (Fsp3) is 0.900. The molecule has 0 radical (unpaired) electrons. The van der Waals surface area contributed by atoms with Crippen LogP contribution in [0.1, 0.15) is 46.0 Å².